The van der Waals surface area contributed by atoms with E-state index in [2.05, 4.69) is 82.3 Å². The second-order valence-corrected chi connectivity index (χ2v) is 17.0. The lowest BCUT2D eigenvalue weighted by molar-refractivity contribution is -0.201. The average molecular weight is 780 g/mol. The van der Waals surface area contributed by atoms with Crippen LogP contribution in [-0.2, 0) is 42.1 Å². The Balaban J connectivity index is 1.06. The minimum absolute atomic E-state index is 0.00452. The van der Waals surface area contributed by atoms with Crippen molar-refractivity contribution in [3.63, 3.8) is 0 Å². The molecule has 0 saturated carbocycles. The first-order valence-electron chi connectivity index (χ1n) is 19.5. The van der Waals surface area contributed by atoms with Crippen molar-refractivity contribution < 1.29 is 32.1 Å². The molecule has 10 rings (SSSR count). The number of rotatable bonds is 6. The van der Waals surface area contributed by atoms with Crippen molar-refractivity contribution in [1.29, 1.82) is 0 Å². The minimum Gasteiger partial charge on any atom is -0.456 e. The maximum Gasteiger partial charge on any atom is 0.336 e. The van der Waals surface area contributed by atoms with E-state index in [9.17, 15) is 22.8 Å². The molecule has 57 heavy (non-hydrogen) atoms. The molecule has 0 aromatic heterocycles. The first-order valence-corrected chi connectivity index (χ1v) is 20.9. The van der Waals surface area contributed by atoms with Gasteiger partial charge in [-0.1, -0.05) is 54.6 Å². The number of anilines is 2. The van der Waals surface area contributed by atoms with Gasteiger partial charge in [-0.05, 0) is 55.2 Å². The monoisotopic (exact) mass is 779 g/mol. The van der Waals surface area contributed by atoms with Crippen molar-refractivity contribution in [3.05, 3.63) is 126 Å². The predicted molar refractivity (Wildman–Crippen MR) is 214 cm³/mol. The number of benzene rings is 5. The largest absolute Gasteiger partial charge is 0.456 e. The summed E-state index contributed by atoms with van der Waals surface area (Å²) in [7, 11) is -4.06. The molecule has 5 aliphatic heterocycles. The van der Waals surface area contributed by atoms with Crippen molar-refractivity contribution in [1.82, 2.24) is 13.9 Å². The SMILES string of the molecule is O=C(ON1C(=O)CCC1=O)C1CCN(S(=O)(=O)c2ccccc2-c2c3ccc(=[N+]4CCc5ccccc54)cc-3oc3cc(N4CCc5ccccc54)ccc23)CC1. The third-order valence-corrected chi connectivity index (χ3v) is 13.8. The van der Waals surface area contributed by atoms with Gasteiger partial charge in [0.1, 0.15) is 11.3 Å². The summed E-state index contributed by atoms with van der Waals surface area (Å²) in [6.45, 7) is 1.83. The van der Waals surface area contributed by atoms with E-state index in [1.165, 1.54) is 26.8 Å². The molecule has 0 unspecified atom stereocenters. The number of nitrogens with zero attached hydrogens (tertiary/aromatic N) is 4. The highest BCUT2D eigenvalue weighted by atomic mass is 32.2. The summed E-state index contributed by atoms with van der Waals surface area (Å²) in [5, 5.41) is 2.32. The normalized spacial score (nSPS) is 18.5. The lowest BCUT2D eigenvalue weighted by Gasteiger charge is -2.31. The topological polar surface area (TPSA) is 120 Å². The Hall–Kier alpha value is -6.11. The molecule has 0 atom stereocenters. The summed E-state index contributed by atoms with van der Waals surface area (Å²) in [6.07, 6.45) is 2.27. The molecule has 11 nitrogen and oxygen atoms in total. The highest BCUT2D eigenvalue weighted by Crippen LogP contribution is 2.45. The number of piperidine rings is 1. The fraction of sp³-hybridized carbons (Fsp3) is 0.244. The van der Waals surface area contributed by atoms with E-state index in [4.69, 9.17) is 9.25 Å². The molecule has 4 aromatic rings. The van der Waals surface area contributed by atoms with E-state index < -0.39 is 33.7 Å². The summed E-state index contributed by atoms with van der Waals surface area (Å²) in [6, 6.07) is 36.2. The number of amides is 2. The van der Waals surface area contributed by atoms with Gasteiger partial charge in [0.15, 0.2) is 6.54 Å². The number of hydroxylamine groups is 2. The van der Waals surface area contributed by atoms with Crippen LogP contribution in [-0.4, -0.2) is 61.7 Å². The predicted octanol–water partition coefficient (Wildman–Crippen LogP) is 6.57. The minimum atomic E-state index is -4.06. The number of para-hydroxylation sites is 2. The highest BCUT2D eigenvalue weighted by molar-refractivity contribution is 7.89. The van der Waals surface area contributed by atoms with E-state index in [0.717, 1.165) is 53.5 Å². The Bertz CT molecular complexity index is 2790. The molecule has 1 aliphatic carbocycles. The fourth-order valence-electron chi connectivity index (χ4n) is 8.90. The average Bonchev–Trinajstić information content (AvgIpc) is 3.96. The fourth-order valence-corrected chi connectivity index (χ4v) is 10.6. The molecule has 0 bridgehead atoms. The van der Waals surface area contributed by atoms with Crippen LogP contribution in [0.4, 0.5) is 17.1 Å². The quantitative estimate of drug-likeness (QED) is 0.106. The molecule has 0 radical (unpaired) electrons. The number of sulfonamides is 1. The van der Waals surface area contributed by atoms with Crippen LogP contribution in [0.2, 0.25) is 0 Å². The van der Waals surface area contributed by atoms with Gasteiger partial charge >= 0.3 is 5.97 Å². The Kier molecular flexibility index (Phi) is 8.56. The maximum absolute atomic E-state index is 14.7. The van der Waals surface area contributed by atoms with Crippen LogP contribution in [0.25, 0.3) is 33.4 Å². The molecule has 4 aromatic carbocycles. The van der Waals surface area contributed by atoms with E-state index in [0.29, 0.717) is 22.0 Å². The molecular formula is C45H39N4O7S+. The summed E-state index contributed by atoms with van der Waals surface area (Å²) < 4.78 is 39.8. The van der Waals surface area contributed by atoms with Crippen LogP contribution in [0, 0.1) is 5.92 Å². The zero-order valence-electron chi connectivity index (χ0n) is 31.1. The Morgan fingerprint density at radius 2 is 1.47 bits per heavy atom. The zero-order chi connectivity index (χ0) is 38.8. The van der Waals surface area contributed by atoms with Gasteiger partial charge in [0.25, 0.3) is 11.8 Å². The molecule has 286 valence electrons. The van der Waals surface area contributed by atoms with Crippen molar-refractivity contribution in [2.75, 3.05) is 31.1 Å². The Labute approximate surface area is 329 Å². The summed E-state index contributed by atoms with van der Waals surface area (Å²) >= 11 is 0. The first kappa shape index (κ1) is 35.3. The molecule has 12 heteroatoms. The molecule has 2 saturated heterocycles. The number of hydrogen-bond acceptors (Lipinski definition) is 8. The van der Waals surface area contributed by atoms with Gasteiger partial charge in [0, 0.05) is 96.1 Å². The van der Waals surface area contributed by atoms with Gasteiger partial charge < -0.3 is 14.2 Å². The third-order valence-electron chi connectivity index (χ3n) is 11.8. The van der Waals surface area contributed by atoms with Crippen LogP contribution < -0.4 is 14.8 Å². The first-order chi connectivity index (χ1) is 27.7. The summed E-state index contributed by atoms with van der Waals surface area (Å²) in [5.41, 5.74) is 8.64. The standard InChI is InChI=1S/C45H39N4O7S/c50-42-17-18-43(51)49(42)56-45(52)31-19-23-46(24-20-31)57(53,54)41-12-6-3-9-36(41)44-34-15-13-32(47-25-21-29-7-1-4-10-37(29)47)27-39(34)55-40-28-33(14-16-35(40)44)48-26-22-30-8-2-5-11-38(30)48/h1-16,27-28,31H,17-26H2/q+1. The molecule has 2 fully saturated rings. The van der Waals surface area contributed by atoms with Crippen LogP contribution >= 0.6 is 0 Å². The van der Waals surface area contributed by atoms with Crippen molar-refractivity contribution in [2.45, 2.75) is 43.4 Å². The maximum atomic E-state index is 14.7. The Morgan fingerprint density at radius 3 is 2.30 bits per heavy atom. The lowest BCUT2D eigenvalue weighted by Crippen LogP contribution is -2.42. The van der Waals surface area contributed by atoms with Gasteiger partial charge in [-0.25, -0.2) is 13.2 Å². The summed E-state index contributed by atoms with van der Waals surface area (Å²) in [5.74, 6) is -1.80. The van der Waals surface area contributed by atoms with Gasteiger partial charge in [0.2, 0.25) is 21.1 Å². The van der Waals surface area contributed by atoms with Gasteiger partial charge in [0.05, 0.1) is 16.9 Å². The molecular weight excluding hydrogens is 741 g/mol. The van der Waals surface area contributed by atoms with E-state index in [-0.39, 0.29) is 43.7 Å². The van der Waals surface area contributed by atoms with Crippen molar-refractivity contribution in [3.8, 4) is 22.5 Å². The van der Waals surface area contributed by atoms with Gasteiger partial charge in [-0.3, -0.25) is 9.59 Å². The van der Waals surface area contributed by atoms with Crippen LogP contribution in [0.1, 0.15) is 36.8 Å². The number of hydrogen-bond donors (Lipinski definition) is 0. The van der Waals surface area contributed by atoms with Crippen molar-refractivity contribution in [2.24, 2.45) is 5.92 Å². The number of fused-ring (bicyclic) bond motifs is 4. The zero-order valence-corrected chi connectivity index (χ0v) is 31.9. The van der Waals surface area contributed by atoms with Crippen LogP contribution in [0.5, 0.6) is 0 Å². The molecule has 5 heterocycles. The van der Waals surface area contributed by atoms with Crippen molar-refractivity contribution >= 4 is 55.8 Å². The molecule has 2 amide bonds. The summed E-state index contributed by atoms with van der Waals surface area (Å²) in [4.78, 5) is 44.6. The third kappa shape index (κ3) is 6.02. The number of carbonyl (C=O) groups is 3. The van der Waals surface area contributed by atoms with Gasteiger partial charge in [-0.2, -0.15) is 8.88 Å². The van der Waals surface area contributed by atoms with Gasteiger partial charge in [-0.15, -0.1) is 5.06 Å². The molecule has 6 aliphatic rings. The Morgan fingerprint density at radius 1 is 0.737 bits per heavy atom. The van der Waals surface area contributed by atoms with E-state index in [1.807, 2.05) is 24.3 Å². The van der Waals surface area contributed by atoms with Crippen LogP contribution in [0.15, 0.2) is 119 Å². The van der Waals surface area contributed by atoms with E-state index >= 15 is 0 Å². The lowest BCUT2D eigenvalue weighted by atomic mass is 9.93. The second kappa shape index (κ2) is 13.8. The van der Waals surface area contributed by atoms with E-state index in [1.54, 1.807) is 12.1 Å². The second-order valence-electron chi connectivity index (χ2n) is 15.1. The number of carbonyl (C=O) groups excluding carboxylic acids is 3. The van der Waals surface area contributed by atoms with Crippen LogP contribution in [0.3, 0.4) is 0 Å². The molecule has 0 N–H and O–H groups in total. The smallest absolute Gasteiger partial charge is 0.336 e. The molecule has 0 spiro atoms. The highest BCUT2D eigenvalue weighted by Gasteiger charge is 2.39. The number of imide groups is 1.